The van der Waals surface area contributed by atoms with E-state index in [1.807, 2.05) is 0 Å². The molecule has 0 spiro atoms. The number of carbonyl (C=O) groups excluding carboxylic acids is 1. The SMILES string of the molecule is O=C(Cc1ccco1)c1c(O)c2ccccc2oc1=O. The second-order valence-corrected chi connectivity index (χ2v) is 4.29. The lowest BCUT2D eigenvalue weighted by atomic mass is 10.1. The highest BCUT2D eigenvalue weighted by Gasteiger charge is 2.21. The quantitative estimate of drug-likeness (QED) is 0.584. The van der Waals surface area contributed by atoms with Crippen molar-refractivity contribution in [3.63, 3.8) is 0 Å². The zero-order chi connectivity index (χ0) is 14.1. The predicted molar refractivity (Wildman–Crippen MR) is 70.9 cm³/mol. The number of rotatable bonds is 3. The van der Waals surface area contributed by atoms with Crippen molar-refractivity contribution >= 4 is 16.8 Å². The standard InChI is InChI=1S/C15H10O5/c16-11(8-9-4-3-7-19-9)13-14(17)10-5-1-2-6-12(10)20-15(13)18/h1-7,17H,8H2. The molecule has 0 aliphatic heterocycles. The molecule has 3 rings (SSSR count). The van der Waals surface area contributed by atoms with Crippen molar-refractivity contribution in [2.75, 3.05) is 0 Å². The van der Waals surface area contributed by atoms with Crippen LogP contribution in [-0.4, -0.2) is 10.9 Å². The lowest BCUT2D eigenvalue weighted by Gasteiger charge is -2.04. The molecule has 0 amide bonds. The summed E-state index contributed by atoms with van der Waals surface area (Å²) < 4.78 is 10.1. The Morgan fingerprint density at radius 1 is 1.15 bits per heavy atom. The van der Waals surface area contributed by atoms with E-state index < -0.39 is 11.4 Å². The molecule has 20 heavy (non-hydrogen) atoms. The Bertz CT molecular complexity index is 827. The van der Waals surface area contributed by atoms with Crippen molar-refractivity contribution in [1.29, 1.82) is 0 Å². The van der Waals surface area contributed by atoms with Gasteiger partial charge in [-0.2, -0.15) is 0 Å². The Morgan fingerprint density at radius 3 is 2.70 bits per heavy atom. The van der Waals surface area contributed by atoms with E-state index in [-0.39, 0.29) is 23.3 Å². The third-order valence-corrected chi connectivity index (χ3v) is 2.98. The van der Waals surface area contributed by atoms with Gasteiger partial charge in [-0.1, -0.05) is 12.1 Å². The Morgan fingerprint density at radius 2 is 1.95 bits per heavy atom. The van der Waals surface area contributed by atoms with E-state index in [0.29, 0.717) is 11.1 Å². The maximum absolute atomic E-state index is 12.1. The van der Waals surface area contributed by atoms with Crippen LogP contribution in [0.15, 0.2) is 56.3 Å². The predicted octanol–water partition coefficient (Wildman–Crippen LogP) is 2.52. The van der Waals surface area contributed by atoms with Gasteiger partial charge in [0, 0.05) is 0 Å². The second kappa shape index (κ2) is 4.70. The number of carbonyl (C=O) groups is 1. The number of aromatic hydroxyl groups is 1. The number of ketones is 1. The largest absolute Gasteiger partial charge is 0.506 e. The lowest BCUT2D eigenvalue weighted by molar-refractivity contribution is 0.0981. The first-order chi connectivity index (χ1) is 9.66. The van der Waals surface area contributed by atoms with Crippen LogP contribution in [0.3, 0.4) is 0 Å². The second-order valence-electron chi connectivity index (χ2n) is 4.29. The average Bonchev–Trinajstić information content (AvgIpc) is 2.91. The Labute approximate surface area is 113 Å². The van der Waals surface area contributed by atoms with Crippen LogP contribution in [0.1, 0.15) is 16.1 Å². The number of para-hydroxylation sites is 1. The third kappa shape index (κ3) is 1.99. The highest BCUT2D eigenvalue weighted by atomic mass is 16.4. The summed E-state index contributed by atoms with van der Waals surface area (Å²) in [5, 5.41) is 10.4. The van der Waals surface area contributed by atoms with Crippen molar-refractivity contribution in [1.82, 2.24) is 0 Å². The van der Waals surface area contributed by atoms with Crippen LogP contribution < -0.4 is 5.63 Å². The fraction of sp³-hybridized carbons (Fsp3) is 0.0667. The maximum atomic E-state index is 12.1. The summed E-state index contributed by atoms with van der Waals surface area (Å²) in [5.74, 6) is -0.479. The molecule has 0 aliphatic rings. The number of fused-ring (bicyclic) bond motifs is 1. The van der Waals surface area contributed by atoms with Crippen molar-refractivity contribution in [2.24, 2.45) is 0 Å². The van der Waals surface area contributed by atoms with Gasteiger partial charge in [0.2, 0.25) is 0 Å². The van der Waals surface area contributed by atoms with Crippen LogP contribution in [0.2, 0.25) is 0 Å². The average molecular weight is 270 g/mol. The van der Waals surface area contributed by atoms with Gasteiger partial charge in [-0.05, 0) is 24.3 Å². The molecule has 1 N–H and O–H groups in total. The van der Waals surface area contributed by atoms with E-state index in [9.17, 15) is 14.7 Å². The number of Topliss-reactive ketones (excluding diaryl/α,β-unsaturated/α-hetero) is 1. The van der Waals surface area contributed by atoms with E-state index >= 15 is 0 Å². The summed E-state index contributed by atoms with van der Waals surface area (Å²) in [6, 6.07) is 9.76. The monoisotopic (exact) mass is 270 g/mol. The molecule has 0 bridgehead atoms. The molecule has 3 aromatic rings. The van der Waals surface area contributed by atoms with Gasteiger partial charge in [0.15, 0.2) is 5.78 Å². The molecule has 0 saturated heterocycles. The summed E-state index contributed by atoms with van der Waals surface area (Å²) in [5.41, 5.74) is -0.956. The molecule has 0 saturated carbocycles. The highest BCUT2D eigenvalue weighted by molar-refractivity contribution is 6.03. The van der Waals surface area contributed by atoms with Crippen molar-refractivity contribution in [3.05, 3.63) is 64.4 Å². The Kier molecular flexibility index (Phi) is 2.87. The summed E-state index contributed by atoms with van der Waals surface area (Å²) >= 11 is 0. The van der Waals surface area contributed by atoms with Gasteiger partial charge >= 0.3 is 5.63 Å². The minimum Gasteiger partial charge on any atom is -0.506 e. The first kappa shape index (κ1) is 12.2. The van der Waals surface area contributed by atoms with Crippen LogP contribution in [0.25, 0.3) is 11.0 Å². The fourth-order valence-corrected chi connectivity index (χ4v) is 2.04. The van der Waals surface area contributed by atoms with Crippen LogP contribution in [0.4, 0.5) is 0 Å². The Hall–Kier alpha value is -2.82. The van der Waals surface area contributed by atoms with Crippen molar-refractivity contribution in [3.8, 4) is 5.75 Å². The van der Waals surface area contributed by atoms with Gasteiger partial charge in [-0.25, -0.2) is 4.79 Å². The molecule has 0 radical (unpaired) electrons. The number of furan rings is 1. The summed E-state index contributed by atoms with van der Waals surface area (Å²) in [6.07, 6.45) is 1.33. The first-order valence-electron chi connectivity index (χ1n) is 5.97. The third-order valence-electron chi connectivity index (χ3n) is 2.98. The summed E-state index contributed by atoms with van der Waals surface area (Å²) in [6.45, 7) is 0. The van der Waals surface area contributed by atoms with Gasteiger partial charge in [0.1, 0.15) is 22.7 Å². The van der Waals surface area contributed by atoms with Crippen LogP contribution >= 0.6 is 0 Å². The minimum absolute atomic E-state index is 0.107. The summed E-state index contributed by atoms with van der Waals surface area (Å²) in [4.78, 5) is 24.0. The molecule has 0 fully saturated rings. The van der Waals surface area contributed by atoms with Gasteiger partial charge in [0.25, 0.3) is 0 Å². The number of hydrogen-bond donors (Lipinski definition) is 1. The van der Waals surface area contributed by atoms with Gasteiger partial charge in [0.05, 0.1) is 18.1 Å². The van der Waals surface area contributed by atoms with E-state index in [2.05, 4.69) is 0 Å². The van der Waals surface area contributed by atoms with Crippen LogP contribution in [-0.2, 0) is 6.42 Å². The van der Waals surface area contributed by atoms with Crippen LogP contribution in [0.5, 0.6) is 5.75 Å². The van der Waals surface area contributed by atoms with Crippen LogP contribution in [0, 0.1) is 0 Å². The molecular weight excluding hydrogens is 260 g/mol. The zero-order valence-electron chi connectivity index (χ0n) is 10.3. The van der Waals surface area contributed by atoms with E-state index in [4.69, 9.17) is 8.83 Å². The van der Waals surface area contributed by atoms with Crippen molar-refractivity contribution in [2.45, 2.75) is 6.42 Å². The number of benzene rings is 1. The van der Waals surface area contributed by atoms with Crippen molar-refractivity contribution < 1.29 is 18.7 Å². The topological polar surface area (TPSA) is 80.7 Å². The van der Waals surface area contributed by atoms with Gasteiger partial charge in [-0.15, -0.1) is 0 Å². The molecule has 2 aromatic heterocycles. The van der Waals surface area contributed by atoms with E-state index in [0.717, 1.165) is 0 Å². The molecule has 5 nitrogen and oxygen atoms in total. The zero-order valence-corrected chi connectivity index (χ0v) is 10.3. The Balaban J connectivity index is 2.11. The lowest BCUT2D eigenvalue weighted by Crippen LogP contribution is -2.16. The molecule has 5 heteroatoms. The molecule has 0 aliphatic carbocycles. The molecule has 0 atom stereocenters. The highest BCUT2D eigenvalue weighted by Crippen LogP contribution is 2.26. The van der Waals surface area contributed by atoms with Gasteiger partial charge in [-0.3, -0.25) is 4.79 Å². The smallest absolute Gasteiger partial charge is 0.351 e. The molecule has 100 valence electrons. The maximum Gasteiger partial charge on any atom is 0.351 e. The fourth-order valence-electron chi connectivity index (χ4n) is 2.04. The molecule has 1 aromatic carbocycles. The first-order valence-corrected chi connectivity index (χ1v) is 5.97. The normalized spacial score (nSPS) is 10.8. The molecule has 2 heterocycles. The minimum atomic E-state index is -0.849. The van der Waals surface area contributed by atoms with E-state index in [1.165, 1.54) is 6.26 Å². The summed E-state index contributed by atoms with van der Waals surface area (Å²) in [7, 11) is 0. The number of hydrogen-bond acceptors (Lipinski definition) is 5. The molecular formula is C15H10O5. The molecule has 0 unspecified atom stereocenters. The van der Waals surface area contributed by atoms with E-state index in [1.54, 1.807) is 36.4 Å². The van der Waals surface area contributed by atoms with Gasteiger partial charge < -0.3 is 13.9 Å².